The number of nitrogens with two attached hydrogens (primary N) is 1. The Balaban J connectivity index is 2.27. The van der Waals surface area contributed by atoms with Crippen molar-refractivity contribution in [3.63, 3.8) is 0 Å². The summed E-state index contributed by atoms with van der Waals surface area (Å²) in [6.07, 6.45) is -19.9. The Morgan fingerprint density at radius 3 is 2.30 bits per heavy atom. The zero-order chi connectivity index (χ0) is 22.6. The van der Waals surface area contributed by atoms with Gasteiger partial charge in [0, 0.05) is 6.20 Å². The highest BCUT2D eigenvalue weighted by molar-refractivity contribution is 5.25. The zero-order valence-corrected chi connectivity index (χ0v) is 15.0. The summed E-state index contributed by atoms with van der Waals surface area (Å²) < 4.78 is 51.9. The topological polar surface area (TPSA) is 201 Å². The van der Waals surface area contributed by atoms with E-state index in [4.69, 9.17) is 15.2 Å². The second kappa shape index (κ2) is 7.69. The summed E-state index contributed by atoms with van der Waals surface area (Å²) in [5.41, 5.74) is -2.20. The number of nitrogen functional groups attached to an aromatic ring is 1. The van der Waals surface area contributed by atoms with E-state index in [0.717, 1.165) is 12.3 Å². The highest BCUT2D eigenvalue weighted by atomic mass is 19.3. The van der Waals surface area contributed by atoms with Crippen molar-refractivity contribution in [2.75, 3.05) is 12.3 Å². The Kier molecular flexibility index (Phi) is 5.85. The molecule has 1 aromatic rings. The minimum absolute atomic E-state index is 0.308. The number of aromatic nitrogens is 2. The third-order valence-electron chi connectivity index (χ3n) is 5.36. The molecule has 9 atom stereocenters. The first-order valence-corrected chi connectivity index (χ1v) is 8.58. The number of rotatable bonds is 4. The van der Waals surface area contributed by atoms with Gasteiger partial charge in [0.1, 0.15) is 42.4 Å². The molecule has 170 valence electrons. The summed E-state index contributed by atoms with van der Waals surface area (Å²) in [4.78, 5) is 15.8. The molecule has 0 radical (unpaired) electrons. The molecule has 2 aliphatic heterocycles. The van der Waals surface area contributed by atoms with Crippen molar-refractivity contribution in [2.24, 2.45) is 0 Å². The fourth-order valence-corrected chi connectivity index (χ4v) is 3.70. The molecule has 0 amide bonds. The molecule has 2 saturated heterocycles. The smallest absolute Gasteiger partial charge is 0.352 e. The zero-order valence-electron chi connectivity index (χ0n) is 15.0. The summed E-state index contributed by atoms with van der Waals surface area (Å²) in [7, 11) is 0. The van der Waals surface area contributed by atoms with Crippen LogP contribution in [0.25, 0.3) is 0 Å². The number of halogens is 3. The molecular formula is C15H20F3N3O9. The molecule has 12 nitrogen and oxygen atoms in total. The maximum absolute atomic E-state index is 14.1. The molecule has 0 saturated carbocycles. The number of aliphatic hydroxyl groups is 6. The van der Waals surface area contributed by atoms with E-state index < -0.39 is 73.0 Å². The van der Waals surface area contributed by atoms with Crippen molar-refractivity contribution < 1.29 is 53.3 Å². The van der Waals surface area contributed by atoms with Crippen LogP contribution in [0.2, 0.25) is 0 Å². The molecule has 0 aliphatic carbocycles. The molecule has 1 aromatic heterocycles. The van der Waals surface area contributed by atoms with Crippen LogP contribution in [0.5, 0.6) is 0 Å². The number of hydrogen-bond donors (Lipinski definition) is 7. The third-order valence-corrected chi connectivity index (χ3v) is 5.36. The second-order valence-corrected chi connectivity index (χ2v) is 7.04. The summed E-state index contributed by atoms with van der Waals surface area (Å²) in [5.74, 6) is -0.342. The molecule has 8 N–H and O–H groups in total. The van der Waals surface area contributed by atoms with Gasteiger partial charge in [0.15, 0.2) is 5.60 Å². The van der Waals surface area contributed by atoms with E-state index in [1.54, 1.807) is 0 Å². The molecular weight excluding hydrogens is 423 g/mol. The predicted molar refractivity (Wildman–Crippen MR) is 87.6 cm³/mol. The van der Waals surface area contributed by atoms with E-state index in [1.165, 1.54) is 0 Å². The fraction of sp³-hybridized carbons (Fsp3) is 0.733. The summed E-state index contributed by atoms with van der Waals surface area (Å²) in [6, 6.07) is 0.959. The first-order valence-electron chi connectivity index (χ1n) is 8.58. The van der Waals surface area contributed by atoms with Crippen molar-refractivity contribution in [2.45, 2.75) is 60.7 Å². The lowest BCUT2D eigenvalue weighted by Crippen LogP contribution is -2.68. The van der Waals surface area contributed by atoms with E-state index in [0.29, 0.717) is 4.57 Å². The van der Waals surface area contributed by atoms with Crippen LogP contribution in [0.3, 0.4) is 0 Å². The van der Waals surface area contributed by atoms with Crippen LogP contribution < -0.4 is 11.4 Å². The normalized spacial score (nSPS) is 44.5. The van der Waals surface area contributed by atoms with Gasteiger partial charge in [-0.1, -0.05) is 0 Å². The average molecular weight is 443 g/mol. The number of aliphatic hydroxyl groups excluding tert-OH is 6. The number of nitrogens with zero attached hydrogens (tertiary/aromatic N) is 2. The summed E-state index contributed by atoms with van der Waals surface area (Å²) in [6.45, 7) is -1.57. The van der Waals surface area contributed by atoms with E-state index in [2.05, 4.69) is 4.98 Å². The van der Waals surface area contributed by atoms with Crippen molar-refractivity contribution >= 4 is 5.82 Å². The van der Waals surface area contributed by atoms with Gasteiger partial charge in [-0.2, -0.15) is 4.98 Å². The van der Waals surface area contributed by atoms with Crippen molar-refractivity contribution in [3.05, 3.63) is 22.7 Å². The summed E-state index contributed by atoms with van der Waals surface area (Å²) in [5, 5.41) is 60.3. The lowest BCUT2D eigenvalue weighted by atomic mass is 9.86. The Labute approximate surface area is 165 Å². The van der Waals surface area contributed by atoms with Crippen LogP contribution in [0.1, 0.15) is 0 Å². The minimum Gasteiger partial charge on any atom is -0.393 e. The van der Waals surface area contributed by atoms with Crippen LogP contribution in [0.4, 0.5) is 19.0 Å². The van der Waals surface area contributed by atoms with Crippen LogP contribution >= 0.6 is 0 Å². The van der Waals surface area contributed by atoms with E-state index in [1.807, 2.05) is 0 Å². The highest BCUT2D eigenvalue weighted by Gasteiger charge is 2.72. The van der Waals surface area contributed by atoms with Gasteiger partial charge in [-0.25, -0.2) is 18.0 Å². The van der Waals surface area contributed by atoms with Crippen LogP contribution in [0.15, 0.2) is 17.1 Å². The molecule has 0 aromatic carbocycles. The van der Waals surface area contributed by atoms with Crippen LogP contribution in [-0.4, -0.2) is 102 Å². The minimum atomic E-state index is -3.65. The first kappa shape index (κ1) is 22.8. The number of alkyl halides is 3. The second-order valence-electron chi connectivity index (χ2n) is 7.04. The van der Waals surface area contributed by atoms with Crippen molar-refractivity contribution in [3.8, 4) is 0 Å². The largest absolute Gasteiger partial charge is 0.393 e. The van der Waals surface area contributed by atoms with Gasteiger partial charge in [0.05, 0.1) is 6.61 Å². The number of hydrogen-bond acceptors (Lipinski definition) is 11. The van der Waals surface area contributed by atoms with Gasteiger partial charge in [0.25, 0.3) is 6.43 Å². The SMILES string of the molecule is Nc1ccn([C@]2(C3OC(F)[C@@H](O)[C@H](O)[C@H]3O)O[C@@](CO)(C(F)F)[C@@H](O)[C@H]2O)c(=O)n1. The first-order chi connectivity index (χ1) is 13.9. The van der Waals surface area contributed by atoms with Gasteiger partial charge >= 0.3 is 5.69 Å². The Bertz CT molecular complexity index is 847. The molecule has 30 heavy (non-hydrogen) atoms. The monoisotopic (exact) mass is 443 g/mol. The summed E-state index contributed by atoms with van der Waals surface area (Å²) >= 11 is 0. The average Bonchev–Trinajstić information content (AvgIpc) is 2.92. The Hall–Kier alpha value is -1.85. The number of anilines is 1. The highest BCUT2D eigenvalue weighted by Crippen LogP contribution is 2.49. The van der Waals surface area contributed by atoms with E-state index in [-0.39, 0.29) is 5.82 Å². The lowest BCUT2D eigenvalue weighted by Gasteiger charge is -2.47. The number of ether oxygens (including phenoxy) is 2. The Morgan fingerprint density at radius 2 is 1.80 bits per heavy atom. The van der Waals surface area contributed by atoms with Crippen molar-refractivity contribution in [1.82, 2.24) is 9.55 Å². The molecule has 2 aliphatic rings. The lowest BCUT2D eigenvalue weighted by molar-refractivity contribution is -0.341. The standard InChI is InChI=1S/C15H20F3N3O9/c16-11-7(25)5(23)6(24)10(29-11)15(21-2-1-4(19)20-13(21)28)9(27)8(26)14(3-22,30-15)12(17)18/h1-2,5-12,22-27H,3H2,(H2,19,20,28)/t5-,6-,7+,8+,9-,10?,11?,14-,15+/m1/s1. The van der Waals surface area contributed by atoms with Gasteiger partial charge < -0.3 is 45.8 Å². The molecule has 3 heterocycles. The third kappa shape index (κ3) is 3.01. The quantitative estimate of drug-likeness (QED) is 0.239. The van der Waals surface area contributed by atoms with Gasteiger partial charge in [-0.05, 0) is 6.07 Å². The van der Waals surface area contributed by atoms with Gasteiger partial charge in [-0.15, -0.1) is 0 Å². The molecule has 3 rings (SSSR count). The molecule has 15 heteroatoms. The van der Waals surface area contributed by atoms with Gasteiger partial charge in [0.2, 0.25) is 12.1 Å². The fourth-order valence-electron chi connectivity index (χ4n) is 3.70. The maximum atomic E-state index is 14.1. The molecule has 2 fully saturated rings. The maximum Gasteiger partial charge on any atom is 0.352 e. The van der Waals surface area contributed by atoms with Crippen LogP contribution in [0, 0.1) is 0 Å². The van der Waals surface area contributed by atoms with E-state index >= 15 is 0 Å². The molecule has 2 unspecified atom stereocenters. The predicted octanol–water partition coefficient (Wildman–Crippen LogP) is -4.00. The van der Waals surface area contributed by atoms with Crippen LogP contribution in [-0.2, 0) is 15.2 Å². The van der Waals surface area contributed by atoms with Crippen molar-refractivity contribution in [1.29, 1.82) is 0 Å². The van der Waals surface area contributed by atoms with Gasteiger partial charge in [-0.3, -0.25) is 4.57 Å². The molecule has 0 bridgehead atoms. The molecule has 0 spiro atoms. The Morgan fingerprint density at radius 1 is 1.17 bits per heavy atom. The van der Waals surface area contributed by atoms with E-state index in [9.17, 15) is 48.6 Å².